The van der Waals surface area contributed by atoms with Gasteiger partial charge < -0.3 is 4.18 Å². The van der Waals surface area contributed by atoms with Crippen LogP contribution >= 0.6 is 0 Å². The van der Waals surface area contributed by atoms with E-state index < -0.39 is 10.1 Å². The molecule has 18 heavy (non-hydrogen) atoms. The van der Waals surface area contributed by atoms with Gasteiger partial charge in [-0.25, -0.2) is 0 Å². The zero-order valence-corrected chi connectivity index (χ0v) is 11.0. The molecule has 96 valence electrons. The molecule has 0 spiro atoms. The molecule has 0 aromatic heterocycles. The van der Waals surface area contributed by atoms with Crippen LogP contribution in [0.5, 0.6) is 5.75 Å². The fourth-order valence-electron chi connectivity index (χ4n) is 2.20. The van der Waals surface area contributed by atoms with E-state index >= 15 is 0 Å². The van der Waals surface area contributed by atoms with E-state index in [1.807, 2.05) is 6.07 Å². The molecule has 0 heterocycles. The minimum atomic E-state index is -3.48. The maximum Gasteiger partial charge on any atom is 0.306 e. The predicted octanol–water partition coefficient (Wildman–Crippen LogP) is 1.24. The van der Waals surface area contributed by atoms with Crippen molar-refractivity contribution in [2.24, 2.45) is 0 Å². The lowest BCUT2D eigenvalue weighted by molar-refractivity contribution is 0.491. The van der Waals surface area contributed by atoms with Crippen molar-refractivity contribution in [3.8, 4) is 18.1 Å². The second kappa shape index (κ2) is 5.01. The normalized spacial score (nSPS) is 18.1. The molecule has 1 aromatic rings. The molecule has 0 radical (unpaired) electrons. The Balaban J connectivity index is 2.23. The van der Waals surface area contributed by atoms with Gasteiger partial charge in [-0.2, -0.15) is 8.42 Å². The van der Waals surface area contributed by atoms with E-state index in [4.69, 9.17) is 10.6 Å². The van der Waals surface area contributed by atoms with Crippen molar-refractivity contribution in [3.05, 3.63) is 29.3 Å². The predicted molar refractivity (Wildman–Crippen MR) is 69.8 cm³/mol. The second-order valence-corrected chi connectivity index (χ2v) is 5.90. The number of hydrogen-bond acceptors (Lipinski definition) is 4. The van der Waals surface area contributed by atoms with Crippen LogP contribution in [0.1, 0.15) is 23.6 Å². The number of hydrogen-bond donors (Lipinski definition) is 1. The molecule has 1 aromatic carbocycles. The second-order valence-electron chi connectivity index (χ2n) is 4.32. The molecule has 5 heteroatoms. The van der Waals surface area contributed by atoms with Crippen LogP contribution in [-0.2, 0) is 16.5 Å². The Morgan fingerprint density at radius 2 is 2.33 bits per heavy atom. The van der Waals surface area contributed by atoms with Gasteiger partial charge in [-0.05, 0) is 36.1 Å². The molecule has 1 aliphatic rings. The summed E-state index contributed by atoms with van der Waals surface area (Å²) in [6.45, 7) is 0.501. The quantitative estimate of drug-likeness (QED) is 0.657. The average Bonchev–Trinajstić information content (AvgIpc) is 2.67. The summed E-state index contributed by atoms with van der Waals surface area (Å²) in [4.78, 5) is 0. The monoisotopic (exact) mass is 265 g/mol. The average molecular weight is 265 g/mol. The molecule has 0 saturated carbocycles. The van der Waals surface area contributed by atoms with E-state index in [1.165, 1.54) is 5.56 Å². The third kappa shape index (κ3) is 3.03. The summed E-state index contributed by atoms with van der Waals surface area (Å²) in [7, 11) is -3.48. The van der Waals surface area contributed by atoms with Crippen molar-refractivity contribution in [2.45, 2.75) is 18.9 Å². The minimum Gasteiger partial charge on any atom is -0.383 e. The standard InChI is InChI=1S/C13H15NO3S/c1-3-8-14-13-7-5-10-4-6-11(9-12(10)13)17-18(2,15)16/h1,4,6,9,13-14H,5,7-8H2,2H3/t13-/m1/s1. The highest BCUT2D eigenvalue weighted by molar-refractivity contribution is 7.86. The van der Waals surface area contributed by atoms with Crippen LogP contribution in [0.3, 0.4) is 0 Å². The number of fused-ring (bicyclic) bond motifs is 1. The number of nitrogens with one attached hydrogen (secondary N) is 1. The Morgan fingerprint density at radius 3 is 3.00 bits per heavy atom. The SMILES string of the molecule is C#CCN[C@@H]1CCc2ccc(OS(C)(=O)=O)cc21. The number of benzene rings is 1. The van der Waals surface area contributed by atoms with Crippen molar-refractivity contribution >= 4 is 10.1 Å². The molecule has 4 nitrogen and oxygen atoms in total. The number of terminal acetylenes is 1. The van der Waals surface area contributed by atoms with Crippen molar-refractivity contribution in [2.75, 3.05) is 12.8 Å². The maximum atomic E-state index is 11.1. The van der Waals surface area contributed by atoms with E-state index in [0.717, 1.165) is 24.7 Å². The highest BCUT2D eigenvalue weighted by atomic mass is 32.2. The van der Waals surface area contributed by atoms with Crippen LogP contribution < -0.4 is 9.50 Å². The van der Waals surface area contributed by atoms with Crippen LogP contribution in [0.25, 0.3) is 0 Å². The molecule has 1 aliphatic carbocycles. The number of rotatable bonds is 4. The topological polar surface area (TPSA) is 55.4 Å². The molecule has 0 saturated heterocycles. The van der Waals surface area contributed by atoms with Gasteiger partial charge >= 0.3 is 10.1 Å². The van der Waals surface area contributed by atoms with E-state index in [2.05, 4.69) is 11.2 Å². The first-order chi connectivity index (χ1) is 8.49. The summed E-state index contributed by atoms with van der Waals surface area (Å²) in [6, 6.07) is 5.55. The third-order valence-electron chi connectivity index (χ3n) is 2.89. The highest BCUT2D eigenvalue weighted by Crippen LogP contribution is 2.33. The van der Waals surface area contributed by atoms with Crippen molar-refractivity contribution in [1.29, 1.82) is 0 Å². The van der Waals surface area contributed by atoms with Gasteiger partial charge in [0.2, 0.25) is 0 Å². The molecule has 0 amide bonds. The van der Waals surface area contributed by atoms with Gasteiger partial charge in [0.15, 0.2) is 0 Å². The smallest absolute Gasteiger partial charge is 0.306 e. The largest absolute Gasteiger partial charge is 0.383 e. The summed E-state index contributed by atoms with van der Waals surface area (Å²) in [5.74, 6) is 2.89. The molecule has 0 bridgehead atoms. The molecule has 2 rings (SSSR count). The van der Waals surface area contributed by atoms with Crippen LogP contribution in [-0.4, -0.2) is 21.2 Å². The first-order valence-corrected chi connectivity index (χ1v) is 7.50. The Labute approximate surface area is 107 Å². The zero-order chi connectivity index (χ0) is 13.2. The summed E-state index contributed by atoms with van der Waals surface area (Å²) in [5.41, 5.74) is 2.29. The van der Waals surface area contributed by atoms with Gasteiger partial charge in [-0.1, -0.05) is 12.0 Å². The Hall–Kier alpha value is -1.51. The Morgan fingerprint density at radius 1 is 1.56 bits per heavy atom. The minimum absolute atomic E-state index is 0.180. The fraction of sp³-hybridized carbons (Fsp3) is 0.385. The van der Waals surface area contributed by atoms with E-state index in [1.54, 1.807) is 12.1 Å². The van der Waals surface area contributed by atoms with Crippen molar-refractivity contribution < 1.29 is 12.6 Å². The zero-order valence-electron chi connectivity index (χ0n) is 10.1. The van der Waals surface area contributed by atoms with Gasteiger partial charge in [-0.15, -0.1) is 6.42 Å². The Bertz CT molecular complexity index is 587. The summed E-state index contributed by atoms with van der Waals surface area (Å²) < 4.78 is 27.1. The van der Waals surface area contributed by atoms with E-state index in [0.29, 0.717) is 12.3 Å². The van der Waals surface area contributed by atoms with Gasteiger partial charge in [0, 0.05) is 6.04 Å². The Kier molecular flexibility index (Phi) is 3.60. The van der Waals surface area contributed by atoms with Gasteiger partial charge in [0.05, 0.1) is 12.8 Å². The summed E-state index contributed by atoms with van der Waals surface area (Å²) in [5, 5.41) is 3.24. The van der Waals surface area contributed by atoms with E-state index in [-0.39, 0.29) is 6.04 Å². The lowest BCUT2D eigenvalue weighted by Gasteiger charge is -2.13. The van der Waals surface area contributed by atoms with Crippen molar-refractivity contribution in [3.63, 3.8) is 0 Å². The molecule has 0 fully saturated rings. The summed E-state index contributed by atoms with van der Waals surface area (Å²) in [6.07, 6.45) is 8.20. The molecule has 1 N–H and O–H groups in total. The summed E-state index contributed by atoms with van der Waals surface area (Å²) >= 11 is 0. The van der Waals surface area contributed by atoms with Crippen LogP contribution in [0, 0.1) is 12.3 Å². The molecular formula is C13H15NO3S. The molecule has 0 aliphatic heterocycles. The van der Waals surface area contributed by atoms with Gasteiger partial charge in [0.1, 0.15) is 5.75 Å². The first-order valence-electron chi connectivity index (χ1n) is 5.69. The van der Waals surface area contributed by atoms with Crippen LogP contribution in [0.15, 0.2) is 18.2 Å². The van der Waals surface area contributed by atoms with Crippen LogP contribution in [0.2, 0.25) is 0 Å². The first kappa shape index (κ1) is 12.9. The lowest BCUT2D eigenvalue weighted by atomic mass is 10.1. The molecule has 0 unspecified atom stereocenters. The highest BCUT2D eigenvalue weighted by Gasteiger charge is 2.22. The maximum absolute atomic E-state index is 11.1. The van der Waals surface area contributed by atoms with Gasteiger partial charge in [0.25, 0.3) is 0 Å². The lowest BCUT2D eigenvalue weighted by Crippen LogP contribution is -2.19. The third-order valence-corrected chi connectivity index (χ3v) is 3.39. The van der Waals surface area contributed by atoms with Gasteiger partial charge in [-0.3, -0.25) is 5.32 Å². The van der Waals surface area contributed by atoms with Crippen molar-refractivity contribution in [1.82, 2.24) is 5.32 Å². The van der Waals surface area contributed by atoms with E-state index in [9.17, 15) is 8.42 Å². The fourth-order valence-corrected chi connectivity index (χ4v) is 2.65. The molecule has 1 atom stereocenters. The van der Waals surface area contributed by atoms with Crippen LogP contribution in [0.4, 0.5) is 0 Å². The number of aryl methyl sites for hydroxylation is 1. The molecular weight excluding hydrogens is 250 g/mol.